The number of ketones is 1. The molecule has 0 saturated carbocycles. The van der Waals surface area contributed by atoms with Crippen LogP contribution in [0.3, 0.4) is 0 Å². The summed E-state index contributed by atoms with van der Waals surface area (Å²) in [5, 5.41) is 3.05. The van der Waals surface area contributed by atoms with Crippen LogP contribution in [0.25, 0.3) is 12.2 Å². The zero-order chi connectivity index (χ0) is 27.7. The van der Waals surface area contributed by atoms with Crippen molar-refractivity contribution < 1.29 is 37.6 Å². The predicted octanol–water partition coefficient (Wildman–Crippen LogP) is 5.86. The van der Waals surface area contributed by atoms with Gasteiger partial charge in [-0.3, -0.25) is 4.79 Å². The number of benzene rings is 3. The van der Waals surface area contributed by atoms with E-state index in [4.69, 9.17) is 28.4 Å². The molecule has 3 rings (SSSR count). The first-order valence-electron chi connectivity index (χ1n) is 11.4. The number of halogens is 1. The highest BCUT2D eigenvalue weighted by atomic mass is 19.1. The molecule has 3 aromatic carbocycles. The number of hydrogen-bond donors (Lipinski definition) is 1. The van der Waals surface area contributed by atoms with Gasteiger partial charge in [0, 0.05) is 17.8 Å². The van der Waals surface area contributed by atoms with Crippen molar-refractivity contribution in [3.8, 4) is 34.5 Å². The molecule has 0 saturated heterocycles. The van der Waals surface area contributed by atoms with Crippen LogP contribution in [0, 0.1) is 5.82 Å². The molecular formula is C29H30FNO7. The van der Waals surface area contributed by atoms with Crippen molar-refractivity contribution in [1.82, 2.24) is 0 Å². The summed E-state index contributed by atoms with van der Waals surface area (Å²) in [6.45, 7) is 0. The first-order valence-corrected chi connectivity index (χ1v) is 11.4. The molecule has 0 radical (unpaired) electrons. The molecule has 1 N–H and O–H groups in total. The lowest BCUT2D eigenvalue weighted by atomic mass is 10.1. The third-order valence-electron chi connectivity index (χ3n) is 5.57. The number of nitrogens with one attached hydrogen (secondary N) is 1. The minimum Gasteiger partial charge on any atom is -0.494 e. The van der Waals surface area contributed by atoms with Gasteiger partial charge in [-0.15, -0.1) is 0 Å². The SMILES string of the molecule is COc1ccc(C(=O)/C=C\Nc2cc(/C=C\c3cc(OC)c(OC)c(OC)c3)cc(OC)c2OC)cc1F. The Hall–Kier alpha value is -4.66. The average Bonchev–Trinajstić information content (AvgIpc) is 2.94. The van der Waals surface area contributed by atoms with Crippen molar-refractivity contribution >= 4 is 23.6 Å². The largest absolute Gasteiger partial charge is 0.494 e. The molecule has 9 heteroatoms. The highest BCUT2D eigenvalue weighted by molar-refractivity contribution is 6.04. The molecule has 0 spiro atoms. The molecular weight excluding hydrogens is 493 g/mol. The minimum absolute atomic E-state index is 0.0666. The Morgan fingerprint density at radius 1 is 0.684 bits per heavy atom. The zero-order valence-electron chi connectivity index (χ0n) is 22.1. The number of carbonyl (C=O) groups is 1. The maximum Gasteiger partial charge on any atom is 0.203 e. The van der Waals surface area contributed by atoms with Crippen LogP contribution in [0.5, 0.6) is 34.5 Å². The summed E-state index contributed by atoms with van der Waals surface area (Å²) in [4.78, 5) is 12.5. The van der Waals surface area contributed by atoms with Crippen LogP contribution in [-0.2, 0) is 0 Å². The fourth-order valence-electron chi connectivity index (χ4n) is 3.70. The van der Waals surface area contributed by atoms with Crippen LogP contribution in [0.2, 0.25) is 0 Å². The second kappa shape index (κ2) is 13.0. The number of carbonyl (C=O) groups excluding carboxylic acids is 1. The van der Waals surface area contributed by atoms with E-state index in [1.54, 1.807) is 21.3 Å². The minimum atomic E-state index is -0.613. The van der Waals surface area contributed by atoms with Gasteiger partial charge < -0.3 is 33.7 Å². The fraction of sp³-hybridized carbons (Fsp3) is 0.207. The first-order chi connectivity index (χ1) is 18.4. The third kappa shape index (κ3) is 6.36. The Morgan fingerprint density at radius 3 is 1.71 bits per heavy atom. The van der Waals surface area contributed by atoms with E-state index in [0.29, 0.717) is 34.4 Å². The highest BCUT2D eigenvalue weighted by Crippen LogP contribution is 2.40. The van der Waals surface area contributed by atoms with E-state index in [0.717, 1.165) is 17.2 Å². The fourth-order valence-corrected chi connectivity index (χ4v) is 3.70. The highest BCUT2D eigenvalue weighted by Gasteiger charge is 2.14. The van der Waals surface area contributed by atoms with Crippen LogP contribution in [0.1, 0.15) is 21.5 Å². The van der Waals surface area contributed by atoms with Gasteiger partial charge in [-0.05, 0) is 53.6 Å². The number of anilines is 1. The van der Waals surface area contributed by atoms with Crippen molar-refractivity contribution in [2.24, 2.45) is 0 Å². The summed E-state index contributed by atoms with van der Waals surface area (Å²) in [5.41, 5.74) is 2.35. The van der Waals surface area contributed by atoms with E-state index in [-0.39, 0.29) is 17.1 Å². The van der Waals surface area contributed by atoms with E-state index >= 15 is 0 Å². The van der Waals surface area contributed by atoms with Gasteiger partial charge in [-0.1, -0.05) is 12.2 Å². The predicted molar refractivity (Wildman–Crippen MR) is 145 cm³/mol. The van der Waals surface area contributed by atoms with Crippen LogP contribution in [0.4, 0.5) is 10.1 Å². The molecule has 38 heavy (non-hydrogen) atoms. The van der Waals surface area contributed by atoms with Gasteiger partial charge in [-0.2, -0.15) is 0 Å². The summed E-state index contributed by atoms with van der Waals surface area (Å²) in [5.74, 6) is 1.57. The Kier molecular flexibility index (Phi) is 9.59. The van der Waals surface area contributed by atoms with E-state index in [2.05, 4.69) is 5.32 Å². The molecule has 0 aliphatic carbocycles. The van der Waals surface area contributed by atoms with Gasteiger partial charge in [0.25, 0.3) is 0 Å². The molecule has 0 amide bonds. The van der Waals surface area contributed by atoms with E-state index < -0.39 is 5.82 Å². The van der Waals surface area contributed by atoms with Gasteiger partial charge in [-0.25, -0.2) is 4.39 Å². The molecule has 0 fully saturated rings. The number of ether oxygens (including phenoxy) is 6. The van der Waals surface area contributed by atoms with Gasteiger partial charge in [0.15, 0.2) is 40.3 Å². The molecule has 0 heterocycles. The third-order valence-corrected chi connectivity index (χ3v) is 5.57. The lowest BCUT2D eigenvalue weighted by Crippen LogP contribution is -2.00. The Bertz CT molecular complexity index is 1330. The van der Waals surface area contributed by atoms with Gasteiger partial charge >= 0.3 is 0 Å². The topological polar surface area (TPSA) is 84.5 Å². The average molecular weight is 524 g/mol. The Morgan fingerprint density at radius 2 is 1.21 bits per heavy atom. The summed E-state index contributed by atoms with van der Waals surface area (Å²) >= 11 is 0. The maximum absolute atomic E-state index is 14.0. The smallest absolute Gasteiger partial charge is 0.203 e. The summed E-state index contributed by atoms with van der Waals surface area (Å²) in [6.07, 6.45) is 6.51. The second-order valence-electron chi connectivity index (χ2n) is 7.79. The molecule has 0 atom stereocenters. The van der Waals surface area contributed by atoms with Crippen molar-refractivity contribution in [2.75, 3.05) is 48.0 Å². The van der Waals surface area contributed by atoms with E-state index in [1.165, 1.54) is 45.7 Å². The van der Waals surface area contributed by atoms with Gasteiger partial charge in [0.2, 0.25) is 5.75 Å². The lowest BCUT2D eigenvalue weighted by molar-refractivity contribution is 0.104. The Balaban J connectivity index is 1.88. The zero-order valence-corrected chi connectivity index (χ0v) is 22.1. The van der Waals surface area contributed by atoms with Crippen LogP contribution in [0.15, 0.2) is 54.7 Å². The molecule has 0 aromatic heterocycles. The molecule has 0 unspecified atom stereocenters. The maximum atomic E-state index is 14.0. The molecule has 0 bridgehead atoms. The molecule has 0 aliphatic rings. The normalized spacial score (nSPS) is 10.9. The molecule has 0 aliphatic heterocycles. The van der Waals surface area contributed by atoms with Crippen LogP contribution < -0.4 is 33.7 Å². The number of hydrogen-bond acceptors (Lipinski definition) is 8. The van der Waals surface area contributed by atoms with Gasteiger partial charge in [0.05, 0.1) is 48.3 Å². The van der Waals surface area contributed by atoms with E-state index in [9.17, 15) is 9.18 Å². The lowest BCUT2D eigenvalue weighted by Gasteiger charge is -2.14. The molecule has 200 valence electrons. The summed E-state index contributed by atoms with van der Waals surface area (Å²) in [7, 11) is 9.07. The van der Waals surface area contributed by atoms with E-state index in [1.807, 2.05) is 36.4 Å². The van der Waals surface area contributed by atoms with Crippen LogP contribution in [-0.4, -0.2) is 48.4 Å². The molecule has 8 nitrogen and oxygen atoms in total. The van der Waals surface area contributed by atoms with Crippen molar-refractivity contribution in [3.05, 3.63) is 77.2 Å². The number of rotatable bonds is 12. The van der Waals surface area contributed by atoms with Crippen LogP contribution >= 0.6 is 0 Å². The van der Waals surface area contributed by atoms with Crippen molar-refractivity contribution in [2.45, 2.75) is 0 Å². The number of allylic oxidation sites excluding steroid dienone is 1. The molecule has 3 aromatic rings. The van der Waals surface area contributed by atoms with Gasteiger partial charge in [0.1, 0.15) is 0 Å². The first kappa shape index (κ1) is 27.9. The standard InChI is InChI=1S/C29H30FNO7/c1-33-24-10-9-20(17-21(24)30)23(32)11-12-31-22-13-18(14-25(34-2)28(22)37-5)7-8-19-15-26(35-3)29(38-6)27(16-19)36-4/h7-17,31H,1-6H3/b8-7-,12-11-. The van der Waals surface area contributed by atoms with Crippen molar-refractivity contribution in [3.63, 3.8) is 0 Å². The van der Waals surface area contributed by atoms with Crippen molar-refractivity contribution in [1.29, 1.82) is 0 Å². The number of methoxy groups -OCH3 is 6. The summed E-state index contributed by atoms with van der Waals surface area (Å²) in [6, 6.07) is 11.3. The Labute approximate surface area is 221 Å². The monoisotopic (exact) mass is 523 g/mol. The quantitative estimate of drug-likeness (QED) is 0.180. The second-order valence-corrected chi connectivity index (χ2v) is 7.79. The summed E-state index contributed by atoms with van der Waals surface area (Å²) < 4.78 is 46.1.